The topological polar surface area (TPSA) is 107 Å². The molecule has 4 heterocycles. The summed E-state index contributed by atoms with van der Waals surface area (Å²) in [5, 5.41) is 10.6. The van der Waals surface area contributed by atoms with Gasteiger partial charge in [-0.25, -0.2) is 15.0 Å². The number of carbonyl (C=O) groups excluding carboxylic acids is 1. The minimum Gasteiger partial charge on any atom is -0.392 e. The van der Waals surface area contributed by atoms with Crippen LogP contribution in [0.1, 0.15) is 21.5 Å². The Kier molecular flexibility index (Phi) is 3.48. The van der Waals surface area contributed by atoms with E-state index in [9.17, 15) is 9.90 Å². The number of amides is 1. The van der Waals surface area contributed by atoms with E-state index in [0.717, 1.165) is 38.8 Å². The predicted molar refractivity (Wildman–Crippen MR) is 114 cm³/mol. The van der Waals surface area contributed by atoms with Crippen LogP contribution in [0, 0.1) is 0 Å². The maximum absolute atomic E-state index is 12.7. The third kappa shape index (κ3) is 2.29. The van der Waals surface area contributed by atoms with E-state index < -0.39 is 0 Å². The number of H-pyrrole nitrogens is 2. The Morgan fingerprint density at radius 2 is 1.90 bits per heavy atom. The quantitative estimate of drug-likeness (QED) is 0.433. The Hall–Kier alpha value is -4.10. The highest BCUT2D eigenvalue weighted by Crippen LogP contribution is 2.37. The number of aromatic nitrogens is 4. The van der Waals surface area contributed by atoms with Crippen LogP contribution in [-0.2, 0) is 6.61 Å². The van der Waals surface area contributed by atoms with Crippen molar-refractivity contribution >= 4 is 34.2 Å². The van der Waals surface area contributed by atoms with Crippen molar-refractivity contribution in [3.8, 4) is 22.5 Å². The first-order valence-electron chi connectivity index (χ1n) is 9.51. The number of pyridine rings is 1. The Bertz CT molecular complexity index is 1510. The summed E-state index contributed by atoms with van der Waals surface area (Å²) in [6.45, 7) is -0.102. The normalized spacial score (nSPS) is 12.9. The van der Waals surface area contributed by atoms with Crippen molar-refractivity contribution in [3.63, 3.8) is 0 Å². The summed E-state index contributed by atoms with van der Waals surface area (Å²) in [5.74, 6) is 0.288. The van der Waals surface area contributed by atoms with Crippen molar-refractivity contribution < 1.29 is 9.90 Å². The molecule has 3 aromatic heterocycles. The first-order valence-corrected chi connectivity index (χ1v) is 9.51. The summed E-state index contributed by atoms with van der Waals surface area (Å²) in [6, 6.07) is 13.4. The number of para-hydroxylation sites is 1. The smallest absolute Gasteiger partial charge is 0.278 e. The van der Waals surface area contributed by atoms with Crippen LogP contribution in [0.2, 0.25) is 0 Å². The number of rotatable bonds is 3. The van der Waals surface area contributed by atoms with Crippen LogP contribution in [0.4, 0.5) is 0 Å². The van der Waals surface area contributed by atoms with Crippen molar-refractivity contribution in [2.75, 3.05) is 0 Å². The second-order valence-electron chi connectivity index (χ2n) is 7.17. The van der Waals surface area contributed by atoms with Crippen LogP contribution in [0.3, 0.4) is 0 Å². The highest BCUT2D eigenvalue weighted by atomic mass is 16.3. The number of nitrogens with one attached hydrogen (secondary N) is 2. The molecule has 0 atom stereocenters. The number of aliphatic hydroxyl groups is 1. The SMILES string of the molecule is O=C1N=Cc2c(-c3c[nH]c4ncccc34)ccc(-c3nc4c(CO)cccc4[nH]3)c21. The number of aromatic amines is 2. The Balaban J connectivity index is 1.58. The van der Waals surface area contributed by atoms with Crippen molar-refractivity contribution in [2.24, 2.45) is 4.99 Å². The van der Waals surface area contributed by atoms with Gasteiger partial charge in [0.2, 0.25) is 0 Å². The molecule has 0 aliphatic carbocycles. The molecule has 6 rings (SSSR count). The van der Waals surface area contributed by atoms with E-state index in [-0.39, 0.29) is 12.5 Å². The summed E-state index contributed by atoms with van der Waals surface area (Å²) in [5.41, 5.74) is 6.89. The Labute approximate surface area is 170 Å². The summed E-state index contributed by atoms with van der Waals surface area (Å²) in [6.07, 6.45) is 5.26. The maximum Gasteiger partial charge on any atom is 0.278 e. The maximum atomic E-state index is 12.7. The van der Waals surface area contributed by atoms with E-state index in [0.29, 0.717) is 22.5 Å². The molecule has 3 N–H and O–H groups in total. The number of fused-ring (bicyclic) bond motifs is 3. The summed E-state index contributed by atoms with van der Waals surface area (Å²) < 4.78 is 0. The fourth-order valence-electron chi connectivity index (χ4n) is 4.13. The number of hydrogen-bond donors (Lipinski definition) is 3. The van der Waals surface area contributed by atoms with Crippen molar-refractivity contribution in [2.45, 2.75) is 6.61 Å². The number of imidazole rings is 1. The second kappa shape index (κ2) is 6.20. The zero-order chi connectivity index (χ0) is 20.2. The van der Waals surface area contributed by atoms with Gasteiger partial charge < -0.3 is 15.1 Å². The van der Waals surface area contributed by atoms with Gasteiger partial charge in [0.25, 0.3) is 5.91 Å². The van der Waals surface area contributed by atoms with Crippen LogP contribution >= 0.6 is 0 Å². The van der Waals surface area contributed by atoms with E-state index >= 15 is 0 Å². The van der Waals surface area contributed by atoms with Crippen molar-refractivity contribution in [1.29, 1.82) is 0 Å². The Morgan fingerprint density at radius 1 is 1.00 bits per heavy atom. The standard InChI is InChI=1S/C23H15N5O2/c29-11-12-3-1-5-18-20(12)28-22(27-18)15-7-6-13(17-10-26-23(30)19(15)17)16-9-25-21-14(16)4-2-8-24-21/h1-10,29H,11H2,(H,24,25)(H,27,28). The first-order chi connectivity index (χ1) is 14.7. The summed E-state index contributed by atoms with van der Waals surface area (Å²) >= 11 is 0. The molecule has 0 saturated carbocycles. The highest BCUT2D eigenvalue weighted by Gasteiger charge is 2.26. The zero-order valence-corrected chi connectivity index (χ0v) is 15.7. The molecule has 0 fully saturated rings. The molecule has 0 bridgehead atoms. The minimum absolute atomic E-state index is 0.102. The largest absolute Gasteiger partial charge is 0.392 e. The van der Waals surface area contributed by atoms with Crippen molar-refractivity contribution in [3.05, 3.63) is 71.5 Å². The van der Waals surface area contributed by atoms with Gasteiger partial charge in [0, 0.05) is 46.2 Å². The van der Waals surface area contributed by atoms with E-state index in [2.05, 4.69) is 24.9 Å². The van der Waals surface area contributed by atoms with Crippen LogP contribution in [0.5, 0.6) is 0 Å². The zero-order valence-electron chi connectivity index (χ0n) is 15.7. The molecule has 0 unspecified atom stereocenters. The van der Waals surface area contributed by atoms with Crippen molar-refractivity contribution in [1.82, 2.24) is 19.9 Å². The number of carbonyl (C=O) groups is 1. The van der Waals surface area contributed by atoms with E-state index in [1.54, 1.807) is 12.4 Å². The third-order valence-electron chi connectivity index (χ3n) is 5.53. The second-order valence-corrected chi connectivity index (χ2v) is 7.17. The van der Waals surface area contributed by atoms with Crippen LogP contribution in [0.15, 0.2) is 59.9 Å². The lowest BCUT2D eigenvalue weighted by Crippen LogP contribution is -1.99. The monoisotopic (exact) mass is 393 g/mol. The van der Waals surface area contributed by atoms with Crippen LogP contribution in [0.25, 0.3) is 44.6 Å². The molecular formula is C23H15N5O2. The molecule has 7 heteroatoms. The van der Waals surface area contributed by atoms with E-state index in [1.165, 1.54) is 0 Å². The molecular weight excluding hydrogens is 378 g/mol. The van der Waals surface area contributed by atoms with Gasteiger partial charge in [-0.3, -0.25) is 4.79 Å². The molecule has 1 aliphatic heterocycles. The molecule has 0 spiro atoms. The fourth-order valence-corrected chi connectivity index (χ4v) is 4.13. The molecule has 30 heavy (non-hydrogen) atoms. The number of nitrogens with zero attached hydrogens (tertiary/aromatic N) is 3. The summed E-state index contributed by atoms with van der Waals surface area (Å²) in [7, 11) is 0. The third-order valence-corrected chi connectivity index (χ3v) is 5.53. The lowest BCUT2D eigenvalue weighted by Gasteiger charge is -2.09. The van der Waals surface area contributed by atoms with E-state index in [1.807, 2.05) is 48.7 Å². The van der Waals surface area contributed by atoms with Gasteiger partial charge in [-0.15, -0.1) is 0 Å². The molecule has 2 aromatic carbocycles. The Morgan fingerprint density at radius 3 is 2.80 bits per heavy atom. The van der Waals surface area contributed by atoms with Gasteiger partial charge >= 0.3 is 0 Å². The van der Waals surface area contributed by atoms with Crippen LogP contribution in [-0.4, -0.2) is 37.2 Å². The van der Waals surface area contributed by atoms with Crippen LogP contribution < -0.4 is 0 Å². The lowest BCUT2D eigenvalue weighted by atomic mass is 9.93. The van der Waals surface area contributed by atoms with E-state index in [4.69, 9.17) is 0 Å². The number of benzene rings is 2. The molecule has 7 nitrogen and oxygen atoms in total. The number of aliphatic hydroxyl groups excluding tert-OH is 1. The minimum atomic E-state index is -0.289. The lowest BCUT2D eigenvalue weighted by molar-refractivity contribution is 0.101. The van der Waals surface area contributed by atoms with Gasteiger partial charge in [-0.1, -0.05) is 18.2 Å². The average Bonchev–Trinajstić information content (AvgIpc) is 3.50. The fraction of sp³-hybridized carbons (Fsp3) is 0.0435. The molecule has 0 radical (unpaired) electrons. The molecule has 144 valence electrons. The van der Waals surface area contributed by atoms with Gasteiger partial charge in [0.05, 0.1) is 23.2 Å². The molecule has 1 aliphatic rings. The van der Waals surface area contributed by atoms with Gasteiger partial charge in [-0.2, -0.15) is 0 Å². The average molecular weight is 393 g/mol. The highest BCUT2D eigenvalue weighted by molar-refractivity contribution is 6.20. The predicted octanol–water partition coefficient (Wildman–Crippen LogP) is 3.84. The molecule has 5 aromatic rings. The first kappa shape index (κ1) is 16.8. The van der Waals surface area contributed by atoms with Gasteiger partial charge in [0.15, 0.2) is 0 Å². The molecule has 0 saturated heterocycles. The summed E-state index contributed by atoms with van der Waals surface area (Å²) in [4.78, 5) is 32.2. The van der Waals surface area contributed by atoms with Gasteiger partial charge in [-0.05, 0) is 29.8 Å². The number of aliphatic imine (C=N–C) groups is 1. The molecule has 1 amide bonds. The van der Waals surface area contributed by atoms with Gasteiger partial charge in [0.1, 0.15) is 11.5 Å². The number of hydrogen-bond acceptors (Lipinski definition) is 4.